The van der Waals surface area contributed by atoms with E-state index in [0.717, 1.165) is 29.8 Å². The number of nitrogens with zero attached hydrogens (tertiary/aromatic N) is 1. The summed E-state index contributed by atoms with van der Waals surface area (Å²) in [6, 6.07) is 11.0. The Kier molecular flexibility index (Phi) is 6.66. The fraction of sp³-hybridized carbons (Fsp3) is 0.263. The minimum atomic E-state index is -0.200. The average molecular weight is 407 g/mol. The van der Waals surface area contributed by atoms with Crippen LogP contribution in [0.2, 0.25) is 4.34 Å². The van der Waals surface area contributed by atoms with E-state index in [-0.39, 0.29) is 5.91 Å². The number of amides is 1. The van der Waals surface area contributed by atoms with Gasteiger partial charge in [0.1, 0.15) is 5.75 Å². The van der Waals surface area contributed by atoms with E-state index >= 15 is 0 Å². The van der Waals surface area contributed by atoms with Crippen molar-refractivity contribution in [3.8, 4) is 16.3 Å². The van der Waals surface area contributed by atoms with Crippen molar-refractivity contribution >= 4 is 45.3 Å². The Hall–Kier alpha value is -1.89. The molecule has 0 radical (unpaired) electrons. The lowest BCUT2D eigenvalue weighted by Crippen LogP contribution is -2.11. The van der Waals surface area contributed by atoms with Gasteiger partial charge in [0.25, 0.3) is 5.91 Å². The highest BCUT2D eigenvalue weighted by atomic mass is 35.5. The predicted octanol–water partition coefficient (Wildman–Crippen LogP) is 6.35. The summed E-state index contributed by atoms with van der Waals surface area (Å²) in [5.41, 5.74) is 1.36. The molecule has 1 aromatic carbocycles. The Labute approximate surface area is 165 Å². The van der Waals surface area contributed by atoms with Crippen molar-refractivity contribution in [1.82, 2.24) is 4.98 Å². The molecule has 26 heavy (non-hydrogen) atoms. The van der Waals surface area contributed by atoms with Crippen LogP contribution >= 0.6 is 34.3 Å². The standard InChI is InChI=1S/C19H19ClN2O2S2/c1-2-3-4-10-24-14-7-5-6-13(11-14)18(23)22-19-21-15(12-25-19)16-8-9-17(20)26-16/h5-9,11-12H,2-4,10H2,1H3,(H,21,22,23). The van der Waals surface area contributed by atoms with Crippen LogP contribution < -0.4 is 10.1 Å². The van der Waals surface area contributed by atoms with Crippen LogP contribution in [0.4, 0.5) is 5.13 Å². The molecule has 2 aromatic heterocycles. The topological polar surface area (TPSA) is 51.2 Å². The zero-order valence-corrected chi connectivity index (χ0v) is 16.7. The highest BCUT2D eigenvalue weighted by Crippen LogP contribution is 2.33. The molecule has 0 atom stereocenters. The first-order valence-corrected chi connectivity index (χ1v) is 10.5. The summed E-state index contributed by atoms with van der Waals surface area (Å²) in [4.78, 5) is 17.9. The van der Waals surface area contributed by atoms with Gasteiger partial charge in [-0.25, -0.2) is 4.98 Å². The van der Waals surface area contributed by atoms with Crippen molar-refractivity contribution in [3.63, 3.8) is 0 Å². The smallest absolute Gasteiger partial charge is 0.257 e. The number of anilines is 1. The molecule has 0 saturated carbocycles. The van der Waals surface area contributed by atoms with Crippen molar-refractivity contribution in [3.05, 3.63) is 51.7 Å². The van der Waals surface area contributed by atoms with Crippen molar-refractivity contribution in [2.75, 3.05) is 11.9 Å². The number of unbranched alkanes of at least 4 members (excludes halogenated alkanes) is 2. The molecule has 0 aliphatic rings. The van der Waals surface area contributed by atoms with Gasteiger partial charge in [0.2, 0.25) is 0 Å². The fourth-order valence-electron chi connectivity index (χ4n) is 2.33. The number of carbonyl (C=O) groups excluding carboxylic acids is 1. The molecule has 0 spiro atoms. The fourth-order valence-corrected chi connectivity index (χ4v) is 4.12. The lowest BCUT2D eigenvalue weighted by atomic mass is 10.2. The first kappa shape index (κ1) is 18.9. The van der Waals surface area contributed by atoms with Crippen LogP contribution in [0.15, 0.2) is 41.8 Å². The van der Waals surface area contributed by atoms with E-state index in [9.17, 15) is 4.79 Å². The molecular weight excluding hydrogens is 388 g/mol. The number of thiophene rings is 1. The van der Waals surface area contributed by atoms with Gasteiger partial charge in [-0.05, 0) is 36.8 Å². The Morgan fingerprint density at radius 3 is 2.92 bits per heavy atom. The van der Waals surface area contributed by atoms with Crippen LogP contribution in [-0.2, 0) is 0 Å². The second-order valence-corrected chi connectivity index (χ2v) is 8.25. The second kappa shape index (κ2) is 9.16. The number of rotatable bonds is 8. The molecular formula is C19H19ClN2O2S2. The zero-order valence-electron chi connectivity index (χ0n) is 14.3. The summed E-state index contributed by atoms with van der Waals surface area (Å²) in [7, 11) is 0. The maximum Gasteiger partial charge on any atom is 0.257 e. The molecule has 0 unspecified atom stereocenters. The van der Waals surface area contributed by atoms with Crippen molar-refractivity contribution in [2.24, 2.45) is 0 Å². The number of nitrogens with one attached hydrogen (secondary N) is 1. The number of hydrogen-bond donors (Lipinski definition) is 1. The molecule has 1 amide bonds. The van der Waals surface area contributed by atoms with E-state index < -0.39 is 0 Å². The Balaban J connectivity index is 1.62. The van der Waals surface area contributed by atoms with Crippen LogP contribution in [0.5, 0.6) is 5.75 Å². The summed E-state index contributed by atoms with van der Waals surface area (Å²) >= 11 is 8.81. The van der Waals surface area contributed by atoms with Crippen LogP contribution in [0.1, 0.15) is 36.5 Å². The molecule has 0 bridgehead atoms. The number of thiazole rings is 1. The van der Waals surface area contributed by atoms with Gasteiger partial charge in [-0.2, -0.15) is 0 Å². The van der Waals surface area contributed by atoms with E-state index in [2.05, 4.69) is 17.2 Å². The summed E-state index contributed by atoms with van der Waals surface area (Å²) < 4.78 is 6.43. The van der Waals surface area contributed by atoms with Gasteiger partial charge in [-0.3, -0.25) is 10.1 Å². The van der Waals surface area contributed by atoms with Crippen LogP contribution in [-0.4, -0.2) is 17.5 Å². The van der Waals surface area contributed by atoms with Crippen molar-refractivity contribution in [1.29, 1.82) is 0 Å². The van der Waals surface area contributed by atoms with Gasteiger partial charge in [0.05, 0.1) is 21.5 Å². The van der Waals surface area contributed by atoms with Crippen LogP contribution in [0.25, 0.3) is 10.6 Å². The Morgan fingerprint density at radius 2 is 2.15 bits per heavy atom. The van der Waals surface area contributed by atoms with Crippen LogP contribution in [0, 0.1) is 0 Å². The number of ether oxygens (including phenoxy) is 1. The largest absolute Gasteiger partial charge is 0.494 e. The third-order valence-electron chi connectivity index (χ3n) is 3.66. The lowest BCUT2D eigenvalue weighted by molar-refractivity contribution is 0.102. The molecule has 1 N–H and O–H groups in total. The molecule has 0 saturated heterocycles. The number of benzene rings is 1. The number of hydrogen-bond acceptors (Lipinski definition) is 5. The number of halogens is 1. The third kappa shape index (κ3) is 5.06. The van der Waals surface area contributed by atoms with Crippen molar-refractivity contribution < 1.29 is 9.53 Å². The van der Waals surface area contributed by atoms with E-state index in [1.54, 1.807) is 12.1 Å². The maximum atomic E-state index is 12.5. The number of aromatic nitrogens is 1. The molecule has 0 aliphatic heterocycles. The SMILES string of the molecule is CCCCCOc1cccc(C(=O)Nc2nc(-c3ccc(Cl)s3)cs2)c1. The molecule has 2 heterocycles. The normalized spacial score (nSPS) is 10.7. The first-order valence-electron chi connectivity index (χ1n) is 8.41. The molecule has 4 nitrogen and oxygen atoms in total. The Morgan fingerprint density at radius 1 is 1.27 bits per heavy atom. The molecule has 0 fully saturated rings. The predicted molar refractivity (Wildman–Crippen MR) is 110 cm³/mol. The molecule has 3 aromatic rings. The monoisotopic (exact) mass is 406 g/mol. The van der Waals surface area contributed by atoms with E-state index in [1.807, 2.05) is 29.6 Å². The van der Waals surface area contributed by atoms with Gasteiger partial charge in [-0.1, -0.05) is 37.4 Å². The molecule has 7 heteroatoms. The Bertz CT molecular complexity index is 876. The molecule has 136 valence electrons. The lowest BCUT2D eigenvalue weighted by Gasteiger charge is -2.07. The van der Waals surface area contributed by atoms with Gasteiger partial charge in [-0.15, -0.1) is 22.7 Å². The van der Waals surface area contributed by atoms with E-state index in [4.69, 9.17) is 16.3 Å². The van der Waals surface area contributed by atoms with E-state index in [1.165, 1.54) is 22.7 Å². The van der Waals surface area contributed by atoms with Gasteiger partial charge in [0.15, 0.2) is 5.13 Å². The summed E-state index contributed by atoms with van der Waals surface area (Å²) in [6.07, 6.45) is 3.31. The van der Waals surface area contributed by atoms with Crippen LogP contribution in [0.3, 0.4) is 0 Å². The second-order valence-electron chi connectivity index (χ2n) is 5.68. The first-order chi connectivity index (χ1) is 12.7. The highest BCUT2D eigenvalue weighted by Gasteiger charge is 2.12. The minimum Gasteiger partial charge on any atom is -0.494 e. The highest BCUT2D eigenvalue weighted by molar-refractivity contribution is 7.20. The van der Waals surface area contributed by atoms with Crippen molar-refractivity contribution in [2.45, 2.75) is 26.2 Å². The summed E-state index contributed by atoms with van der Waals surface area (Å²) in [6.45, 7) is 2.82. The maximum absolute atomic E-state index is 12.5. The van der Waals surface area contributed by atoms with E-state index in [0.29, 0.717) is 27.4 Å². The average Bonchev–Trinajstić information content (AvgIpc) is 3.28. The summed E-state index contributed by atoms with van der Waals surface area (Å²) in [5.74, 6) is 0.510. The van der Waals surface area contributed by atoms with Gasteiger partial charge >= 0.3 is 0 Å². The third-order valence-corrected chi connectivity index (χ3v) is 5.67. The van der Waals surface area contributed by atoms with Gasteiger partial charge in [0, 0.05) is 10.9 Å². The quantitative estimate of drug-likeness (QED) is 0.443. The number of carbonyl (C=O) groups is 1. The summed E-state index contributed by atoms with van der Waals surface area (Å²) in [5, 5.41) is 5.31. The minimum absolute atomic E-state index is 0.200. The molecule has 3 rings (SSSR count). The molecule has 0 aliphatic carbocycles. The van der Waals surface area contributed by atoms with Gasteiger partial charge < -0.3 is 4.74 Å². The zero-order chi connectivity index (χ0) is 18.4.